The van der Waals surface area contributed by atoms with E-state index in [0.29, 0.717) is 32.7 Å². The molecule has 4 aromatic rings. The molecule has 0 saturated carbocycles. The Bertz CT molecular complexity index is 2000. The second-order valence-corrected chi connectivity index (χ2v) is 15.3. The maximum Gasteiger partial charge on any atom is 0.407 e. The van der Waals surface area contributed by atoms with Gasteiger partial charge in [0.2, 0.25) is 11.8 Å². The molecule has 3 amide bonds. The molecule has 2 unspecified atom stereocenters. The molecule has 1 aromatic heterocycles. The highest BCUT2D eigenvalue weighted by atomic mass is 16.5. The molecule has 0 aliphatic carbocycles. The van der Waals surface area contributed by atoms with Crippen molar-refractivity contribution in [1.29, 1.82) is 0 Å². The van der Waals surface area contributed by atoms with Gasteiger partial charge in [-0.2, -0.15) is 0 Å². The Morgan fingerprint density at radius 3 is 2.23 bits per heavy atom. The summed E-state index contributed by atoms with van der Waals surface area (Å²) in [6.45, 7) is 14.9. The van der Waals surface area contributed by atoms with Crippen molar-refractivity contribution in [2.24, 2.45) is 10.9 Å². The summed E-state index contributed by atoms with van der Waals surface area (Å²) in [5.41, 5.74) is 5.76. The van der Waals surface area contributed by atoms with Crippen LogP contribution in [0.4, 0.5) is 16.2 Å². The molecule has 2 atom stereocenters. The number of likely N-dealkylation sites (N-methyl/N-ethyl adjacent to an activating group) is 1. The SMILES string of the molecule is C=Nc1ccc(-c2ccc3cc(-c4cnc(CCCCNC(=O)CNC)[nH]4)ccc3c2)cc1NCC1CCCN1C(=O)C(NC(=O)OC)C(CC)CC.CCCCC.COC=O. The molecule has 1 fully saturated rings. The molecule has 0 radical (unpaired) electrons. The zero-order valence-electron chi connectivity index (χ0n) is 38.0. The fraction of sp³-hybridized carbons (Fsp3) is 0.500. The first-order chi connectivity index (χ1) is 30.1. The summed E-state index contributed by atoms with van der Waals surface area (Å²) < 4.78 is 8.71. The number of aromatic nitrogens is 2. The van der Waals surface area contributed by atoms with Crippen LogP contribution in [0, 0.1) is 5.92 Å². The monoisotopic (exact) mass is 855 g/mol. The number of aryl methyl sites for hydroxylation is 1. The van der Waals surface area contributed by atoms with Crippen LogP contribution < -0.4 is 21.3 Å². The fourth-order valence-corrected chi connectivity index (χ4v) is 7.52. The Kier molecular flexibility index (Phi) is 22.8. The maximum atomic E-state index is 13.8. The van der Waals surface area contributed by atoms with Gasteiger partial charge in [0.1, 0.15) is 11.9 Å². The first-order valence-electron chi connectivity index (χ1n) is 22.1. The summed E-state index contributed by atoms with van der Waals surface area (Å²) in [4.78, 5) is 60.8. The van der Waals surface area contributed by atoms with E-state index in [2.05, 4.69) is 110 Å². The minimum absolute atomic E-state index is 0.0116. The number of hydrogen-bond donors (Lipinski definition) is 5. The molecule has 14 nitrogen and oxygen atoms in total. The first kappa shape index (κ1) is 50.6. The number of methoxy groups -OCH3 is 2. The standard InChI is InChI=1S/C41H54N8O4.C5H12.C2H4O2/c1-6-27(7-2)39(48-41(52)53-5)40(51)49-20-10-11-33(49)24-45-35-23-31(17-18-34(35)43-4)29-13-14-30-22-32(16-15-28(30)21-29)36-25-46-37(47-36)12-8-9-19-44-38(50)26-42-3;1-3-5-4-2;1-4-2-3/h13-18,21-23,25,27,33,39,42,45H,4,6-12,19-20,24,26H2,1-3,5H3,(H,44,50)(H,46,47)(H,48,52);3-5H2,1-2H3;2H,1H3. The van der Waals surface area contributed by atoms with Crippen molar-refractivity contribution in [3.05, 3.63) is 66.6 Å². The summed E-state index contributed by atoms with van der Waals surface area (Å²) in [5, 5.41) is 14.4. The lowest BCUT2D eigenvalue weighted by Crippen LogP contribution is -2.54. The molecule has 1 saturated heterocycles. The summed E-state index contributed by atoms with van der Waals surface area (Å²) in [6.07, 6.45) is 11.3. The van der Waals surface area contributed by atoms with Gasteiger partial charge in [0.25, 0.3) is 6.47 Å². The van der Waals surface area contributed by atoms with Crippen LogP contribution in [-0.2, 0) is 30.3 Å². The van der Waals surface area contributed by atoms with Crippen LogP contribution in [0.15, 0.2) is 65.8 Å². The number of nitrogens with zero attached hydrogens (tertiary/aromatic N) is 3. The number of alkyl carbamates (subject to hydrolysis) is 1. The van der Waals surface area contributed by atoms with E-state index in [4.69, 9.17) is 9.53 Å². The van der Waals surface area contributed by atoms with Gasteiger partial charge in [-0.3, -0.25) is 19.4 Å². The third-order valence-corrected chi connectivity index (χ3v) is 11.0. The van der Waals surface area contributed by atoms with Crippen LogP contribution in [0.1, 0.15) is 91.3 Å². The molecule has 5 N–H and O–H groups in total. The maximum absolute atomic E-state index is 13.8. The van der Waals surface area contributed by atoms with E-state index < -0.39 is 12.1 Å². The van der Waals surface area contributed by atoms with Crippen LogP contribution >= 0.6 is 0 Å². The molecule has 2 heterocycles. The van der Waals surface area contributed by atoms with Gasteiger partial charge in [-0.15, -0.1) is 0 Å². The van der Waals surface area contributed by atoms with Gasteiger partial charge < -0.3 is 40.6 Å². The number of H-pyrrole nitrogens is 1. The van der Waals surface area contributed by atoms with Crippen LogP contribution in [0.2, 0.25) is 0 Å². The molecule has 3 aromatic carbocycles. The highest BCUT2D eigenvalue weighted by Gasteiger charge is 2.37. The van der Waals surface area contributed by atoms with Crippen molar-refractivity contribution >= 4 is 53.2 Å². The van der Waals surface area contributed by atoms with Gasteiger partial charge in [0, 0.05) is 37.7 Å². The fourth-order valence-electron chi connectivity index (χ4n) is 7.52. The van der Waals surface area contributed by atoms with Crippen molar-refractivity contribution in [2.45, 2.75) is 104 Å². The smallest absolute Gasteiger partial charge is 0.407 e. The van der Waals surface area contributed by atoms with Crippen LogP contribution in [0.3, 0.4) is 0 Å². The number of ether oxygens (including phenoxy) is 2. The Labute approximate surface area is 368 Å². The van der Waals surface area contributed by atoms with Crippen LogP contribution in [0.25, 0.3) is 33.2 Å². The highest BCUT2D eigenvalue weighted by Crippen LogP contribution is 2.34. The van der Waals surface area contributed by atoms with E-state index in [1.54, 1.807) is 7.05 Å². The average molecular weight is 855 g/mol. The van der Waals surface area contributed by atoms with E-state index in [1.165, 1.54) is 33.5 Å². The number of aliphatic imine (C=N–C) groups is 1. The number of likely N-dealkylation sites (tertiary alicyclic amines) is 1. The van der Waals surface area contributed by atoms with Gasteiger partial charge >= 0.3 is 6.09 Å². The number of carbonyl (C=O) groups excluding carboxylic acids is 4. The summed E-state index contributed by atoms with van der Waals surface area (Å²) in [7, 11) is 4.39. The number of rotatable bonds is 21. The molecule has 1 aliphatic rings. The molecular formula is C48H70N8O6. The molecule has 5 rings (SSSR count). The predicted octanol–water partition coefficient (Wildman–Crippen LogP) is 8.44. The Morgan fingerprint density at radius 2 is 1.61 bits per heavy atom. The number of hydrogen-bond acceptors (Lipinski definition) is 10. The molecule has 62 heavy (non-hydrogen) atoms. The van der Waals surface area contributed by atoms with Gasteiger partial charge in [0.15, 0.2) is 0 Å². The normalized spacial score (nSPS) is 13.5. The molecular weight excluding hydrogens is 785 g/mol. The summed E-state index contributed by atoms with van der Waals surface area (Å²) >= 11 is 0. The quantitative estimate of drug-likeness (QED) is 0.0313. The third-order valence-electron chi connectivity index (χ3n) is 11.0. The molecule has 0 bridgehead atoms. The lowest BCUT2D eigenvalue weighted by molar-refractivity contribution is -0.135. The molecule has 14 heteroatoms. The number of unbranched alkanes of at least 4 members (excludes halogenated alkanes) is 3. The predicted molar refractivity (Wildman–Crippen MR) is 251 cm³/mol. The number of aromatic amines is 1. The second-order valence-electron chi connectivity index (χ2n) is 15.3. The molecule has 1 aliphatic heterocycles. The Morgan fingerprint density at radius 1 is 0.952 bits per heavy atom. The third kappa shape index (κ3) is 15.6. The van der Waals surface area contributed by atoms with Crippen molar-refractivity contribution in [3.63, 3.8) is 0 Å². The number of fused-ring (bicyclic) bond motifs is 1. The lowest BCUT2D eigenvalue weighted by Gasteiger charge is -2.32. The molecule has 338 valence electrons. The average Bonchev–Trinajstić information content (AvgIpc) is 3.98. The van der Waals surface area contributed by atoms with Crippen LogP contribution in [-0.4, -0.2) is 105 Å². The van der Waals surface area contributed by atoms with E-state index in [1.807, 2.05) is 31.0 Å². The van der Waals surface area contributed by atoms with Gasteiger partial charge in [-0.25, -0.2) is 9.78 Å². The Balaban J connectivity index is 0.00000103. The van der Waals surface area contributed by atoms with E-state index in [9.17, 15) is 14.4 Å². The minimum atomic E-state index is -0.626. The summed E-state index contributed by atoms with van der Waals surface area (Å²) in [6, 6.07) is 18.3. The van der Waals surface area contributed by atoms with Crippen molar-refractivity contribution < 1.29 is 28.7 Å². The zero-order valence-corrected chi connectivity index (χ0v) is 38.0. The van der Waals surface area contributed by atoms with Crippen molar-refractivity contribution in [3.8, 4) is 22.4 Å². The first-order valence-corrected chi connectivity index (χ1v) is 22.1. The van der Waals surface area contributed by atoms with Gasteiger partial charge in [0.05, 0.1) is 44.0 Å². The van der Waals surface area contributed by atoms with Gasteiger partial charge in [-0.1, -0.05) is 90.1 Å². The van der Waals surface area contributed by atoms with Crippen molar-refractivity contribution in [1.82, 2.24) is 30.8 Å². The van der Waals surface area contributed by atoms with E-state index in [-0.39, 0.29) is 23.8 Å². The second kappa shape index (κ2) is 28.0. The topological polar surface area (TPSA) is 179 Å². The minimum Gasteiger partial charge on any atom is -0.471 e. The number of amides is 3. The number of imidazole rings is 1. The number of anilines is 1. The van der Waals surface area contributed by atoms with E-state index >= 15 is 0 Å². The zero-order chi connectivity index (χ0) is 45.3. The summed E-state index contributed by atoms with van der Waals surface area (Å²) in [5.74, 6) is 0.911. The molecule has 0 spiro atoms. The lowest BCUT2D eigenvalue weighted by atomic mass is 9.93. The Hall–Kier alpha value is -5.76. The van der Waals surface area contributed by atoms with Crippen molar-refractivity contribution in [2.75, 3.05) is 52.8 Å². The van der Waals surface area contributed by atoms with E-state index in [0.717, 1.165) is 95.3 Å². The number of benzene rings is 3. The van der Waals surface area contributed by atoms with Gasteiger partial charge in [-0.05, 0) is 91.5 Å². The van der Waals surface area contributed by atoms with Crippen LogP contribution in [0.5, 0.6) is 0 Å². The number of carbonyl (C=O) groups is 4. The largest absolute Gasteiger partial charge is 0.471 e. The number of nitrogens with one attached hydrogen (secondary N) is 5. The highest BCUT2D eigenvalue weighted by molar-refractivity contribution is 5.91.